The summed E-state index contributed by atoms with van der Waals surface area (Å²) in [5.41, 5.74) is 2.66. The number of benzene rings is 1. The molecule has 0 aromatic heterocycles. The summed E-state index contributed by atoms with van der Waals surface area (Å²) in [6.45, 7) is 9.16. The summed E-state index contributed by atoms with van der Waals surface area (Å²) in [6.07, 6.45) is 6.30. The summed E-state index contributed by atoms with van der Waals surface area (Å²) in [6, 6.07) is 9.30. The van der Waals surface area contributed by atoms with Crippen LogP contribution in [0.25, 0.3) is 0 Å². The van der Waals surface area contributed by atoms with Gasteiger partial charge in [0.1, 0.15) is 11.8 Å². The van der Waals surface area contributed by atoms with Crippen molar-refractivity contribution in [3.05, 3.63) is 35.4 Å². The van der Waals surface area contributed by atoms with Gasteiger partial charge >= 0.3 is 6.09 Å². The molecule has 1 aromatic carbocycles. The van der Waals surface area contributed by atoms with E-state index in [1.807, 2.05) is 25.7 Å². The number of rotatable bonds is 3. The number of ether oxygens (including phenoxy) is 1. The first-order valence-electron chi connectivity index (χ1n) is 12.5. The van der Waals surface area contributed by atoms with Crippen molar-refractivity contribution in [2.24, 2.45) is 5.41 Å². The van der Waals surface area contributed by atoms with Crippen LogP contribution in [0.2, 0.25) is 0 Å². The third kappa shape index (κ3) is 4.42. The number of nitrogens with zero attached hydrogens (tertiary/aromatic N) is 2. The zero-order chi connectivity index (χ0) is 22.5. The number of piperidine rings is 1. The van der Waals surface area contributed by atoms with Crippen LogP contribution in [0, 0.1) is 5.41 Å². The molecule has 32 heavy (non-hydrogen) atoms. The number of hydrogen-bond acceptors (Lipinski definition) is 5. The summed E-state index contributed by atoms with van der Waals surface area (Å²) in [4.78, 5) is 16.9. The van der Waals surface area contributed by atoms with Crippen LogP contribution in [-0.4, -0.2) is 65.0 Å². The van der Waals surface area contributed by atoms with Gasteiger partial charge in [-0.25, -0.2) is 4.79 Å². The van der Waals surface area contributed by atoms with Gasteiger partial charge in [-0.05, 0) is 81.8 Å². The molecule has 5 rings (SSSR count). The topological polar surface area (TPSA) is 65.0 Å². The molecule has 2 N–H and O–H groups in total. The number of aliphatic hydroxyl groups is 1. The first-order chi connectivity index (χ1) is 15.2. The molecule has 2 aliphatic carbocycles. The second kappa shape index (κ2) is 8.30. The first kappa shape index (κ1) is 22.2. The quantitative estimate of drug-likeness (QED) is 0.742. The highest BCUT2D eigenvalue weighted by Crippen LogP contribution is 2.53. The zero-order valence-electron chi connectivity index (χ0n) is 19.8. The number of carbonyl (C=O) groups is 1. The number of aliphatic hydroxyl groups excluding tert-OH is 1. The fourth-order valence-corrected chi connectivity index (χ4v) is 6.15. The lowest BCUT2D eigenvalue weighted by atomic mass is 9.59. The van der Waals surface area contributed by atoms with E-state index in [9.17, 15) is 9.90 Å². The van der Waals surface area contributed by atoms with Gasteiger partial charge in [-0.1, -0.05) is 24.3 Å². The molecule has 2 aliphatic heterocycles. The predicted octanol–water partition coefficient (Wildman–Crippen LogP) is 4.01. The Morgan fingerprint density at radius 1 is 1.09 bits per heavy atom. The van der Waals surface area contributed by atoms with Crippen LogP contribution in [0.5, 0.6) is 0 Å². The highest BCUT2D eigenvalue weighted by atomic mass is 16.6. The van der Waals surface area contributed by atoms with Crippen molar-refractivity contribution >= 4 is 6.09 Å². The molecule has 1 amide bonds. The van der Waals surface area contributed by atoms with Gasteiger partial charge in [0.15, 0.2) is 0 Å². The number of carbonyl (C=O) groups excluding carboxylic acids is 1. The molecule has 2 saturated carbocycles. The van der Waals surface area contributed by atoms with Gasteiger partial charge in [0.2, 0.25) is 0 Å². The molecule has 2 atom stereocenters. The molecule has 176 valence electrons. The summed E-state index contributed by atoms with van der Waals surface area (Å²) in [5.74, 6) is 0.673. The largest absolute Gasteiger partial charge is 0.444 e. The van der Waals surface area contributed by atoms with Gasteiger partial charge in [0, 0.05) is 32.2 Å². The fourth-order valence-electron chi connectivity index (χ4n) is 6.15. The molecule has 2 saturated heterocycles. The molecular formula is C26H39N3O3. The second-order valence-electron chi connectivity index (χ2n) is 11.5. The Morgan fingerprint density at radius 3 is 2.38 bits per heavy atom. The van der Waals surface area contributed by atoms with Crippen molar-refractivity contribution in [1.29, 1.82) is 0 Å². The molecule has 6 nitrogen and oxygen atoms in total. The van der Waals surface area contributed by atoms with Gasteiger partial charge in [0.25, 0.3) is 0 Å². The normalized spacial score (nSPS) is 29.1. The fraction of sp³-hybridized carbons (Fsp3) is 0.731. The van der Waals surface area contributed by atoms with E-state index in [2.05, 4.69) is 34.5 Å². The van der Waals surface area contributed by atoms with E-state index in [4.69, 9.17) is 4.74 Å². The van der Waals surface area contributed by atoms with Crippen LogP contribution in [0.3, 0.4) is 0 Å². The van der Waals surface area contributed by atoms with E-state index >= 15 is 0 Å². The Morgan fingerprint density at radius 2 is 1.75 bits per heavy atom. The molecule has 2 unspecified atom stereocenters. The van der Waals surface area contributed by atoms with Gasteiger partial charge in [-0.15, -0.1) is 0 Å². The van der Waals surface area contributed by atoms with Gasteiger partial charge in [0.05, 0.1) is 6.04 Å². The minimum absolute atomic E-state index is 0.0322. The van der Waals surface area contributed by atoms with E-state index in [1.54, 1.807) is 0 Å². The molecule has 1 spiro atoms. The zero-order valence-corrected chi connectivity index (χ0v) is 19.8. The van der Waals surface area contributed by atoms with Crippen molar-refractivity contribution < 1.29 is 14.6 Å². The minimum Gasteiger partial charge on any atom is -0.444 e. The SMILES string of the molecule is CC(C)(C)OC(=O)N1CCC2(CC1)CC(N1CCNC(O)C1c1ccccc1C1CC1)C2. The van der Waals surface area contributed by atoms with Crippen molar-refractivity contribution in [3.63, 3.8) is 0 Å². The second-order valence-corrected chi connectivity index (χ2v) is 11.5. The van der Waals surface area contributed by atoms with Gasteiger partial charge in [-0.3, -0.25) is 10.2 Å². The third-order valence-corrected chi connectivity index (χ3v) is 7.99. The molecule has 0 bridgehead atoms. The van der Waals surface area contributed by atoms with Crippen LogP contribution in [-0.2, 0) is 4.74 Å². The maximum Gasteiger partial charge on any atom is 0.410 e. The lowest BCUT2D eigenvalue weighted by Crippen LogP contribution is -2.62. The summed E-state index contributed by atoms with van der Waals surface area (Å²) in [7, 11) is 0. The summed E-state index contributed by atoms with van der Waals surface area (Å²) >= 11 is 0. The van der Waals surface area contributed by atoms with Crippen LogP contribution < -0.4 is 5.32 Å². The summed E-state index contributed by atoms with van der Waals surface area (Å²) < 4.78 is 5.57. The van der Waals surface area contributed by atoms with E-state index in [1.165, 1.54) is 36.8 Å². The first-order valence-corrected chi connectivity index (χ1v) is 12.5. The van der Waals surface area contributed by atoms with E-state index < -0.39 is 11.8 Å². The maximum absolute atomic E-state index is 12.4. The van der Waals surface area contributed by atoms with Crippen molar-refractivity contribution in [3.8, 4) is 0 Å². The van der Waals surface area contributed by atoms with Crippen molar-refractivity contribution in [1.82, 2.24) is 15.1 Å². The highest BCUT2D eigenvalue weighted by Gasteiger charge is 2.51. The van der Waals surface area contributed by atoms with Crippen molar-refractivity contribution in [2.75, 3.05) is 26.2 Å². The Bertz CT molecular complexity index is 831. The summed E-state index contributed by atoms with van der Waals surface area (Å²) in [5, 5.41) is 14.3. The van der Waals surface area contributed by atoms with Gasteiger partial charge in [-0.2, -0.15) is 0 Å². The molecule has 6 heteroatoms. The molecule has 0 radical (unpaired) electrons. The predicted molar refractivity (Wildman–Crippen MR) is 124 cm³/mol. The van der Waals surface area contributed by atoms with Crippen molar-refractivity contribution in [2.45, 2.75) is 89.1 Å². The molecule has 1 aromatic rings. The van der Waals surface area contributed by atoms with E-state index in [0.717, 1.165) is 39.0 Å². The Hall–Kier alpha value is -1.63. The Kier molecular flexibility index (Phi) is 5.75. The molecule has 4 fully saturated rings. The number of hydrogen-bond donors (Lipinski definition) is 2. The average molecular weight is 442 g/mol. The highest BCUT2D eigenvalue weighted by molar-refractivity contribution is 5.68. The van der Waals surface area contributed by atoms with Crippen LogP contribution >= 0.6 is 0 Å². The Labute approximate surface area is 192 Å². The van der Waals surface area contributed by atoms with Crippen LogP contribution in [0.4, 0.5) is 4.79 Å². The monoisotopic (exact) mass is 441 g/mol. The molecule has 4 aliphatic rings. The lowest BCUT2D eigenvalue weighted by Gasteiger charge is -2.58. The number of likely N-dealkylation sites (tertiary alicyclic amines) is 1. The molecular weight excluding hydrogens is 402 g/mol. The third-order valence-electron chi connectivity index (χ3n) is 7.99. The smallest absolute Gasteiger partial charge is 0.410 e. The van der Waals surface area contributed by atoms with Crippen LogP contribution in [0.15, 0.2) is 24.3 Å². The van der Waals surface area contributed by atoms with E-state index in [-0.39, 0.29) is 12.1 Å². The number of piperazine rings is 1. The van der Waals surface area contributed by atoms with Gasteiger partial charge < -0.3 is 14.7 Å². The van der Waals surface area contributed by atoms with E-state index in [0.29, 0.717) is 17.4 Å². The van der Waals surface area contributed by atoms with Crippen LogP contribution in [0.1, 0.15) is 82.4 Å². The minimum atomic E-state index is -0.519. The number of nitrogens with one attached hydrogen (secondary N) is 1. The standard InChI is InChI=1S/C26H39N3O3/c1-25(2,3)32-24(31)28-13-10-26(11-14-28)16-19(17-26)29-15-12-27-23(30)22(29)21-7-5-4-6-20(21)18-8-9-18/h4-7,18-19,22-23,27,30H,8-17H2,1-3H3. The maximum atomic E-state index is 12.4. The average Bonchev–Trinajstić information content (AvgIpc) is 3.56. The molecule has 2 heterocycles. The Balaban J connectivity index is 1.23. The lowest BCUT2D eigenvalue weighted by molar-refractivity contribution is -0.0979. The number of amides is 1.